The Bertz CT molecular complexity index is 158. The minimum atomic E-state index is -0.0516. The van der Waals surface area contributed by atoms with E-state index in [1.54, 1.807) is 0 Å². The molecular weight excluding hydrogens is 180 g/mol. The summed E-state index contributed by atoms with van der Waals surface area (Å²) < 4.78 is 5.15. The van der Waals surface area contributed by atoms with Gasteiger partial charge in [-0.15, -0.1) is 0 Å². The minimum Gasteiger partial charge on any atom is -0.369 e. The topological polar surface area (TPSA) is 50.4 Å². The lowest BCUT2D eigenvalue weighted by Gasteiger charge is -2.10. The molecule has 0 aromatic heterocycles. The molecule has 4 heteroatoms. The predicted octanol–water partition coefficient (Wildman–Crippen LogP) is 0.526. The molecule has 0 aliphatic carbocycles. The van der Waals surface area contributed by atoms with Crippen LogP contribution in [0.4, 0.5) is 0 Å². The number of nitrogens with one attached hydrogen (secondary N) is 2. The Kier molecular flexibility index (Phi) is 7.42. The zero-order chi connectivity index (χ0) is 11.0. The van der Waals surface area contributed by atoms with Crippen LogP contribution < -0.4 is 10.6 Å². The lowest BCUT2D eigenvalue weighted by molar-refractivity contribution is -0.127. The molecule has 4 nitrogen and oxygen atoms in total. The van der Waals surface area contributed by atoms with Crippen LogP contribution in [0.1, 0.15) is 27.7 Å². The maximum Gasteiger partial charge on any atom is 0.246 e. The first kappa shape index (κ1) is 13.4. The first-order valence-corrected chi connectivity index (χ1v) is 5.14. The van der Waals surface area contributed by atoms with Gasteiger partial charge in [-0.1, -0.05) is 13.8 Å². The van der Waals surface area contributed by atoms with E-state index in [-0.39, 0.29) is 18.6 Å². The van der Waals surface area contributed by atoms with Crippen molar-refractivity contribution in [1.82, 2.24) is 10.6 Å². The second-order valence-corrected chi connectivity index (χ2v) is 3.82. The van der Waals surface area contributed by atoms with Crippen LogP contribution in [-0.2, 0) is 9.53 Å². The SMILES string of the molecule is CC(C)NCCNC(=O)COC(C)C. The molecule has 0 fully saturated rings. The van der Waals surface area contributed by atoms with Crippen LogP contribution in [0.15, 0.2) is 0 Å². The Morgan fingerprint density at radius 3 is 2.36 bits per heavy atom. The number of ether oxygens (including phenoxy) is 1. The molecular formula is C10H22N2O2. The van der Waals surface area contributed by atoms with E-state index >= 15 is 0 Å². The third kappa shape index (κ3) is 9.48. The fourth-order valence-electron chi connectivity index (χ4n) is 0.856. The van der Waals surface area contributed by atoms with Gasteiger partial charge in [0.05, 0.1) is 6.10 Å². The zero-order valence-electron chi connectivity index (χ0n) is 9.59. The highest BCUT2D eigenvalue weighted by atomic mass is 16.5. The van der Waals surface area contributed by atoms with Crippen LogP contribution in [0.2, 0.25) is 0 Å². The van der Waals surface area contributed by atoms with Gasteiger partial charge < -0.3 is 15.4 Å². The fourth-order valence-corrected chi connectivity index (χ4v) is 0.856. The first-order valence-electron chi connectivity index (χ1n) is 5.14. The van der Waals surface area contributed by atoms with Gasteiger partial charge >= 0.3 is 0 Å². The third-order valence-corrected chi connectivity index (χ3v) is 1.55. The minimum absolute atomic E-state index is 0.0516. The van der Waals surface area contributed by atoms with E-state index in [1.807, 2.05) is 13.8 Å². The average Bonchev–Trinajstić information content (AvgIpc) is 2.08. The summed E-state index contributed by atoms with van der Waals surface area (Å²) in [6.45, 7) is 9.57. The molecule has 0 rings (SSSR count). The van der Waals surface area contributed by atoms with E-state index < -0.39 is 0 Å². The number of hydrogen-bond donors (Lipinski definition) is 2. The third-order valence-electron chi connectivity index (χ3n) is 1.55. The van der Waals surface area contributed by atoms with Crippen LogP contribution >= 0.6 is 0 Å². The maximum atomic E-state index is 11.1. The molecule has 0 bridgehead atoms. The summed E-state index contributed by atoms with van der Waals surface area (Å²) in [4.78, 5) is 11.1. The van der Waals surface area contributed by atoms with Crippen LogP contribution in [-0.4, -0.2) is 37.7 Å². The van der Waals surface area contributed by atoms with Crippen molar-refractivity contribution in [2.24, 2.45) is 0 Å². The zero-order valence-corrected chi connectivity index (χ0v) is 9.59. The molecule has 0 saturated heterocycles. The van der Waals surface area contributed by atoms with Crippen LogP contribution in [0.25, 0.3) is 0 Å². The van der Waals surface area contributed by atoms with Crippen molar-refractivity contribution in [3.8, 4) is 0 Å². The van der Waals surface area contributed by atoms with E-state index in [0.29, 0.717) is 12.6 Å². The van der Waals surface area contributed by atoms with Crippen LogP contribution in [0.5, 0.6) is 0 Å². The molecule has 0 unspecified atom stereocenters. The van der Waals surface area contributed by atoms with E-state index in [0.717, 1.165) is 6.54 Å². The molecule has 2 N–H and O–H groups in total. The van der Waals surface area contributed by atoms with Gasteiger partial charge in [-0.2, -0.15) is 0 Å². The molecule has 0 radical (unpaired) electrons. The maximum absolute atomic E-state index is 11.1. The van der Waals surface area contributed by atoms with Crippen molar-refractivity contribution in [1.29, 1.82) is 0 Å². The van der Waals surface area contributed by atoms with Gasteiger partial charge in [0, 0.05) is 19.1 Å². The summed E-state index contributed by atoms with van der Waals surface area (Å²) in [6.07, 6.45) is 0.106. The van der Waals surface area contributed by atoms with Gasteiger partial charge in [0.1, 0.15) is 6.61 Å². The normalized spacial score (nSPS) is 11.0. The fraction of sp³-hybridized carbons (Fsp3) is 0.900. The number of hydrogen-bond acceptors (Lipinski definition) is 3. The number of carbonyl (C=O) groups is 1. The van der Waals surface area contributed by atoms with Crippen LogP contribution in [0, 0.1) is 0 Å². The van der Waals surface area contributed by atoms with Crippen molar-refractivity contribution in [3.05, 3.63) is 0 Å². The van der Waals surface area contributed by atoms with E-state index in [9.17, 15) is 4.79 Å². The highest BCUT2D eigenvalue weighted by Crippen LogP contribution is 1.85. The predicted molar refractivity (Wildman–Crippen MR) is 57.2 cm³/mol. The summed E-state index contributed by atoms with van der Waals surface area (Å²) >= 11 is 0. The Hall–Kier alpha value is -0.610. The van der Waals surface area contributed by atoms with Gasteiger partial charge in [0.25, 0.3) is 0 Å². The molecule has 1 amide bonds. The van der Waals surface area contributed by atoms with E-state index in [2.05, 4.69) is 24.5 Å². The molecule has 0 heterocycles. The highest BCUT2D eigenvalue weighted by molar-refractivity contribution is 5.77. The Morgan fingerprint density at radius 2 is 1.86 bits per heavy atom. The molecule has 84 valence electrons. The van der Waals surface area contributed by atoms with Gasteiger partial charge in [-0.25, -0.2) is 0 Å². The Morgan fingerprint density at radius 1 is 1.21 bits per heavy atom. The lowest BCUT2D eigenvalue weighted by Crippen LogP contribution is -2.36. The largest absolute Gasteiger partial charge is 0.369 e. The summed E-state index contributed by atoms with van der Waals surface area (Å²) in [5.41, 5.74) is 0. The molecule has 0 aliphatic heterocycles. The first-order chi connectivity index (χ1) is 6.52. The van der Waals surface area contributed by atoms with Crippen molar-refractivity contribution in [2.45, 2.75) is 39.8 Å². The van der Waals surface area contributed by atoms with E-state index in [4.69, 9.17) is 4.74 Å². The molecule has 14 heavy (non-hydrogen) atoms. The van der Waals surface area contributed by atoms with Crippen molar-refractivity contribution in [2.75, 3.05) is 19.7 Å². The van der Waals surface area contributed by atoms with E-state index in [1.165, 1.54) is 0 Å². The Labute approximate surface area is 86.4 Å². The second kappa shape index (κ2) is 7.76. The second-order valence-electron chi connectivity index (χ2n) is 3.82. The summed E-state index contributed by atoms with van der Waals surface area (Å²) in [5, 5.41) is 5.98. The van der Waals surface area contributed by atoms with Crippen molar-refractivity contribution >= 4 is 5.91 Å². The van der Waals surface area contributed by atoms with Crippen molar-refractivity contribution < 1.29 is 9.53 Å². The van der Waals surface area contributed by atoms with Gasteiger partial charge in [0.15, 0.2) is 0 Å². The molecule has 0 aliphatic rings. The quantitative estimate of drug-likeness (QED) is 0.592. The molecule has 0 atom stereocenters. The van der Waals surface area contributed by atoms with Gasteiger partial charge in [0.2, 0.25) is 5.91 Å². The van der Waals surface area contributed by atoms with Crippen molar-refractivity contribution in [3.63, 3.8) is 0 Å². The monoisotopic (exact) mass is 202 g/mol. The van der Waals surface area contributed by atoms with Gasteiger partial charge in [-0.05, 0) is 13.8 Å². The summed E-state index contributed by atoms with van der Waals surface area (Å²) in [5.74, 6) is -0.0516. The number of carbonyl (C=O) groups excluding carboxylic acids is 1. The average molecular weight is 202 g/mol. The Balaban J connectivity index is 3.27. The van der Waals surface area contributed by atoms with Gasteiger partial charge in [-0.3, -0.25) is 4.79 Å². The smallest absolute Gasteiger partial charge is 0.246 e. The lowest BCUT2D eigenvalue weighted by atomic mass is 10.4. The highest BCUT2D eigenvalue weighted by Gasteiger charge is 2.01. The van der Waals surface area contributed by atoms with Crippen LogP contribution in [0.3, 0.4) is 0 Å². The molecule has 0 saturated carbocycles. The molecule has 0 aromatic rings. The summed E-state index contributed by atoms with van der Waals surface area (Å²) in [7, 11) is 0. The molecule has 0 spiro atoms. The summed E-state index contributed by atoms with van der Waals surface area (Å²) in [6, 6.07) is 0.457. The number of amides is 1. The standard InChI is InChI=1S/C10H22N2O2/c1-8(2)11-5-6-12-10(13)7-14-9(3)4/h8-9,11H,5-7H2,1-4H3,(H,12,13). The molecule has 0 aromatic carbocycles. The number of rotatable bonds is 7.